The van der Waals surface area contributed by atoms with Gasteiger partial charge in [0.15, 0.2) is 0 Å². The number of amides is 2. The Morgan fingerprint density at radius 1 is 1.12 bits per heavy atom. The Kier molecular flexibility index (Phi) is 7.35. The molecule has 26 heavy (non-hydrogen) atoms. The van der Waals surface area contributed by atoms with Gasteiger partial charge in [0.1, 0.15) is 0 Å². The van der Waals surface area contributed by atoms with Crippen molar-refractivity contribution >= 4 is 29.1 Å². The molecule has 7 heteroatoms. The first-order valence-corrected chi connectivity index (χ1v) is 9.17. The molecule has 0 aliphatic heterocycles. The van der Waals surface area contributed by atoms with Gasteiger partial charge in [0.2, 0.25) is 11.8 Å². The van der Waals surface area contributed by atoms with E-state index in [0.717, 1.165) is 10.4 Å². The molecule has 0 spiro atoms. The third-order valence-electron chi connectivity index (χ3n) is 3.87. The van der Waals surface area contributed by atoms with Gasteiger partial charge in [0, 0.05) is 18.3 Å². The van der Waals surface area contributed by atoms with Crippen LogP contribution in [0.3, 0.4) is 0 Å². The highest BCUT2D eigenvalue weighted by Gasteiger charge is 2.21. The minimum Gasteiger partial charge on any atom is -0.481 e. The molecule has 0 radical (unpaired) electrons. The number of thiophene rings is 1. The molecule has 138 valence electrons. The quantitative estimate of drug-likeness (QED) is 0.628. The van der Waals surface area contributed by atoms with E-state index in [9.17, 15) is 19.5 Å². The molecule has 2 amide bonds. The first kappa shape index (κ1) is 19.7. The molecular formula is C19H22N2O4S. The van der Waals surface area contributed by atoms with Crippen LogP contribution < -0.4 is 10.6 Å². The molecule has 0 aliphatic rings. The molecule has 2 atom stereocenters. The molecular weight excluding hydrogens is 352 g/mol. The van der Waals surface area contributed by atoms with Gasteiger partial charge in [-0.1, -0.05) is 36.4 Å². The number of carboxylic acids is 1. The molecule has 1 aromatic heterocycles. The van der Waals surface area contributed by atoms with Gasteiger partial charge in [0.25, 0.3) is 0 Å². The molecule has 0 aliphatic carbocycles. The van der Waals surface area contributed by atoms with E-state index in [-0.39, 0.29) is 24.8 Å². The van der Waals surface area contributed by atoms with E-state index in [1.807, 2.05) is 47.8 Å². The van der Waals surface area contributed by atoms with Gasteiger partial charge in [0.05, 0.1) is 18.4 Å². The number of carbonyl (C=O) groups is 3. The molecule has 2 rings (SSSR count). The zero-order valence-electron chi connectivity index (χ0n) is 14.5. The Morgan fingerprint density at radius 2 is 1.85 bits per heavy atom. The summed E-state index contributed by atoms with van der Waals surface area (Å²) in [6.45, 7) is 1.44. The van der Waals surface area contributed by atoms with Crippen molar-refractivity contribution in [2.45, 2.75) is 25.8 Å². The fourth-order valence-corrected chi connectivity index (χ4v) is 3.38. The Hall–Kier alpha value is -2.67. The smallest absolute Gasteiger partial charge is 0.308 e. The summed E-state index contributed by atoms with van der Waals surface area (Å²) in [6.07, 6.45) is 0.411. The minimum atomic E-state index is -0.953. The zero-order valence-corrected chi connectivity index (χ0v) is 15.3. The van der Waals surface area contributed by atoms with Gasteiger partial charge < -0.3 is 15.7 Å². The van der Waals surface area contributed by atoms with E-state index in [0.29, 0.717) is 6.42 Å². The van der Waals surface area contributed by atoms with Gasteiger partial charge in [-0.15, -0.1) is 11.3 Å². The Morgan fingerprint density at radius 3 is 2.42 bits per heavy atom. The number of hydrogen-bond donors (Lipinski definition) is 3. The lowest BCUT2D eigenvalue weighted by molar-refractivity contribution is -0.141. The van der Waals surface area contributed by atoms with E-state index in [2.05, 4.69) is 10.6 Å². The highest BCUT2D eigenvalue weighted by atomic mass is 32.1. The number of carbonyl (C=O) groups excluding carboxylic acids is 2. The summed E-state index contributed by atoms with van der Waals surface area (Å²) in [5.41, 5.74) is 0.906. The van der Waals surface area contributed by atoms with Crippen LogP contribution in [0.5, 0.6) is 0 Å². The van der Waals surface area contributed by atoms with Gasteiger partial charge >= 0.3 is 5.97 Å². The third kappa shape index (κ3) is 6.33. The van der Waals surface area contributed by atoms with Gasteiger partial charge in [-0.2, -0.15) is 0 Å². The maximum atomic E-state index is 12.3. The highest BCUT2D eigenvalue weighted by Crippen LogP contribution is 2.22. The van der Waals surface area contributed by atoms with E-state index < -0.39 is 17.9 Å². The maximum absolute atomic E-state index is 12.3. The largest absolute Gasteiger partial charge is 0.481 e. The Labute approximate surface area is 156 Å². The van der Waals surface area contributed by atoms with Crippen LogP contribution in [0.2, 0.25) is 0 Å². The van der Waals surface area contributed by atoms with Crippen LogP contribution in [0.4, 0.5) is 0 Å². The van der Waals surface area contributed by atoms with Crippen molar-refractivity contribution in [3.8, 4) is 0 Å². The molecule has 1 heterocycles. The van der Waals surface area contributed by atoms with E-state index >= 15 is 0 Å². The summed E-state index contributed by atoms with van der Waals surface area (Å²) in [6, 6.07) is 12.6. The van der Waals surface area contributed by atoms with Crippen LogP contribution in [0.25, 0.3) is 0 Å². The van der Waals surface area contributed by atoms with Crippen molar-refractivity contribution < 1.29 is 19.5 Å². The topological polar surface area (TPSA) is 95.5 Å². The summed E-state index contributed by atoms with van der Waals surface area (Å²) in [5.74, 6) is -2.17. The number of hydrogen-bond acceptors (Lipinski definition) is 4. The number of nitrogens with one attached hydrogen (secondary N) is 2. The minimum absolute atomic E-state index is 0.0420. The van der Waals surface area contributed by atoms with Crippen LogP contribution in [-0.4, -0.2) is 29.4 Å². The first-order chi connectivity index (χ1) is 12.5. The number of carboxylic acid groups (broad SMARTS) is 1. The van der Waals surface area contributed by atoms with Crippen LogP contribution in [0.1, 0.15) is 29.8 Å². The monoisotopic (exact) mass is 374 g/mol. The second-order valence-corrected chi connectivity index (χ2v) is 6.98. The van der Waals surface area contributed by atoms with Gasteiger partial charge in [-0.3, -0.25) is 14.4 Å². The van der Waals surface area contributed by atoms with Gasteiger partial charge in [-0.05, 0) is 23.4 Å². The molecule has 2 aromatic rings. The second-order valence-electron chi connectivity index (χ2n) is 6.00. The first-order valence-electron chi connectivity index (χ1n) is 8.29. The number of benzene rings is 1. The highest BCUT2D eigenvalue weighted by molar-refractivity contribution is 7.10. The van der Waals surface area contributed by atoms with Gasteiger partial charge in [-0.25, -0.2) is 0 Å². The van der Waals surface area contributed by atoms with Crippen molar-refractivity contribution in [3.63, 3.8) is 0 Å². The van der Waals surface area contributed by atoms with Crippen molar-refractivity contribution in [2.75, 3.05) is 6.54 Å². The van der Waals surface area contributed by atoms with Crippen LogP contribution in [0.15, 0.2) is 47.8 Å². The summed E-state index contributed by atoms with van der Waals surface area (Å²) >= 11 is 1.46. The van der Waals surface area contributed by atoms with Crippen LogP contribution in [-0.2, 0) is 20.8 Å². The van der Waals surface area contributed by atoms with Crippen molar-refractivity contribution in [1.29, 1.82) is 0 Å². The van der Waals surface area contributed by atoms with Crippen LogP contribution in [0, 0.1) is 5.92 Å². The predicted molar refractivity (Wildman–Crippen MR) is 99.8 cm³/mol. The maximum Gasteiger partial charge on any atom is 0.308 e. The zero-order chi connectivity index (χ0) is 18.9. The van der Waals surface area contributed by atoms with E-state index in [4.69, 9.17) is 0 Å². The molecule has 0 bridgehead atoms. The fourth-order valence-electron chi connectivity index (χ4n) is 2.60. The lowest BCUT2D eigenvalue weighted by Gasteiger charge is -2.18. The lowest BCUT2D eigenvalue weighted by atomic mass is 9.99. The lowest BCUT2D eigenvalue weighted by Crippen LogP contribution is -2.37. The van der Waals surface area contributed by atoms with E-state index in [1.54, 1.807) is 0 Å². The Bertz CT molecular complexity index is 731. The summed E-state index contributed by atoms with van der Waals surface area (Å²) in [5, 5.41) is 16.7. The fraction of sp³-hybridized carbons (Fsp3) is 0.316. The molecule has 1 aromatic carbocycles. The molecule has 0 saturated carbocycles. The Balaban J connectivity index is 1.92. The predicted octanol–water partition coefficient (Wildman–Crippen LogP) is 2.38. The van der Waals surface area contributed by atoms with Crippen LogP contribution >= 0.6 is 11.3 Å². The average Bonchev–Trinajstić information content (AvgIpc) is 3.13. The molecule has 0 saturated heterocycles. The molecule has 6 nitrogen and oxygen atoms in total. The molecule has 3 N–H and O–H groups in total. The second kappa shape index (κ2) is 9.72. The standard InChI is InChI=1S/C19H22N2O4S/c1-13(22)21-16(17-8-5-9-26-17)11-18(23)20-12-15(19(24)25)10-14-6-3-2-4-7-14/h2-9,15-16H,10-12H2,1H3,(H,20,23)(H,21,22)(H,24,25). The average molecular weight is 374 g/mol. The molecule has 2 unspecified atom stereocenters. The van der Waals surface area contributed by atoms with Crippen molar-refractivity contribution in [3.05, 3.63) is 58.3 Å². The SMILES string of the molecule is CC(=O)NC(CC(=O)NCC(Cc1ccccc1)C(=O)O)c1cccs1. The molecule has 0 fully saturated rings. The van der Waals surface area contributed by atoms with Crippen molar-refractivity contribution in [1.82, 2.24) is 10.6 Å². The van der Waals surface area contributed by atoms with Crippen molar-refractivity contribution in [2.24, 2.45) is 5.92 Å². The summed E-state index contributed by atoms with van der Waals surface area (Å²) in [4.78, 5) is 36.0. The summed E-state index contributed by atoms with van der Waals surface area (Å²) in [7, 11) is 0. The van der Waals surface area contributed by atoms with E-state index in [1.165, 1.54) is 18.3 Å². The number of rotatable bonds is 9. The number of aliphatic carboxylic acids is 1. The third-order valence-corrected chi connectivity index (χ3v) is 4.86. The summed E-state index contributed by atoms with van der Waals surface area (Å²) < 4.78 is 0. The normalized spacial score (nSPS) is 12.8.